The number of nitrogens with one attached hydrogen (secondary N) is 1. The van der Waals surface area contributed by atoms with Crippen molar-refractivity contribution < 1.29 is 14.7 Å². The van der Waals surface area contributed by atoms with E-state index in [1.165, 1.54) is 4.88 Å². The van der Waals surface area contributed by atoms with E-state index < -0.39 is 11.4 Å². The van der Waals surface area contributed by atoms with Crippen molar-refractivity contribution in [2.75, 3.05) is 6.54 Å². The summed E-state index contributed by atoms with van der Waals surface area (Å²) in [7, 11) is 0. The number of carboxylic acids is 1. The van der Waals surface area contributed by atoms with Crippen molar-refractivity contribution in [2.24, 2.45) is 5.41 Å². The Bertz CT molecular complexity index is 466. The molecular formula is C12H16N2O3S. The van der Waals surface area contributed by atoms with Crippen molar-refractivity contribution in [3.63, 3.8) is 0 Å². The van der Waals surface area contributed by atoms with Gasteiger partial charge in [0, 0.05) is 24.0 Å². The molecule has 18 heavy (non-hydrogen) atoms. The molecule has 1 aliphatic carbocycles. The van der Waals surface area contributed by atoms with Crippen molar-refractivity contribution in [1.29, 1.82) is 0 Å². The first kappa shape index (κ1) is 13.0. The molecule has 0 atom stereocenters. The van der Waals surface area contributed by atoms with Crippen LogP contribution >= 0.6 is 11.3 Å². The summed E-state index contributed by atoms with van der Waals surface area (Å²) < 4.78 is 0. The van der Waals surface area contributed by atoms with Gasteiger partial charge in [-0.05, 0) is 19.3 Å². The first-order valence-corrected chi connectivity index (χ1v) is 6.85. The quantitative estimate of drug-likeness (QED) is 0.760. The largest absolute Gasteiger partial charge is 0.480 e. The van der Waals surface area contributed by atoms with E-state index in [2.05, 4.69) is 17.2 Å². The number of carbonyl (C=O) groups excluding carboxylic acids is 1. The number of thiazole rings is 1. The van der Waals surface area contributed by atoms with Gasteiger partial charge >= 0.3 is 5.97 Å². The van der Waals surface area contributed by atoms with E-state index in [9.17, 15) is 9.59 Å². The fraction of sp³-hybridized carbons (Fsp3) is 0.583. The van der Waals surface area contributed by atoms with E-state index in [0.717, 1.165) is 11.4 Å². The van der Waals surface area contributed by atoms with Gasteiger partial charge in [0.15, 0.2) is 0 Å². The zero-order valence-electron chi connectivity index (χ0n) is 10.2. The lowest BCUT2D eigenvalue weighted by atomic mass is 10.1. The molecule has 1 aromatic heterocycles. The van der Waals surface area contributed by atoms with E-state index in [1.54, 1.807) is 11.3 Å². The Balaban J connectivity index is 1.79. The number of rotatable bonds is 6. The summed E-state index contributed by atoms with van der Waals surface area (Å²) >= 11 is 1.64. The molecule has 0 aromatic carbocycles. The molecule has 1 fully saturated rings. The molecule has 2 N–H and O–H groups in total. The van der Waals surface area contributed by atoms with Crippen LogP contribution in [0.3, 0.4) is 0 Å². The Hall–Kier alpha value is -1.43. The smallest absolute Gasteiger partial charge is 0.319 e. The van der Waals surface area contributed by atoms with Gasteiger partial charge in [-0.2, -0.15) is 0 Å². The van der Waals surface area contributed by atoms with E-state index >= 15 is 0 Å². The number of aliphatic carboxylic acids is 1. The second-order valence-corrected chi connectivity index (χ2v) is 5.67. The Morgan fingerprint density at radius 2 is 2.28 bits per heavy atom. The minimum Gasteiger partial charge on any atom is -0.480 e. The van der Waals surface area contributed by atoms with Gasteiger partial charge in [0.05, 0.1) is 5.01 Å². The standard InChI is InChI=1S/C12H16N2O3S/c1-2-8-7-14-9(18-8)3-6-13-10(15)12(4-5-12)11(16)17/h7H,2-6H2,1H3,(H,13,15)(H,16,17). The number of aryl methyl sites for hydroxylation is 1. The number of carboxylic acid groups (broad SMARTS) is 1. The van der Waals surface area contributed by atoms with Crippen molar-refractivity contribution in [3.05, 3.63) is 16.1 Å². The minimum absolute atomic E-state index is 0.359. The number of hydrogen-bond donors (Lipinski definition) is 2. The highest BCUT2D eigenvalue weighted by atomic mass is 32.1. The van der Waals surface area contributed by atoms with Crippen molar-refractivity contribution in [2.45, 2.75) is 32.6 Å². The number of aromatic nitrogens is 1. The molecule has 1 heterocycles. The third-order valence-corrected chi connectivity index (χ3v) is 4.37. The molecule has 1 aromatic rings. The highest BCUT2D eigenvalue weighted by Gasteiger charge is 2.56. The van der Waals surface area contributed by atoms with Crippen LogP contribution < -0.4 is 5.32 Å². The fourth-order valence-corrected chi connectivity index (χ4v) is 2.60. The lowest BCUT2D eigenvalue weighted by molar-refractivity contribution is -0.149. The molecule has 5 nitrogen and oxygen atoms in total. The summed E-state index contributed by atoms with van der Waals surface area (Å²) in [5, 5.41) is 12.6. The summed E-state index contributed by atoms with van der Waals surface area (Å²) in [6, 6.07) is 0. The number of nitrogens with zero attached hydrogens (tertiary/aromatic N) is 1. The third-order valence-electron chi connectivity index (χ3n) is 3.17. The maximum absolute atomic E-state index is 11.7. The van der Waals surface area contributed by atoms with Crippen LogP contribution in [-0.4, -0.2) is 28.5 Å². The number of hydrogen-bond acceptors (Lipinski definition) is 4. The topological polar surface area (TPSA) is 79.3 Å². The van der Waals surface area contributed by atoms with Crippen LogP contribution in [0.1, 0.15) is 29.7 Å². The molecule has 98 valence electrons. The van der Waals surface area contributed by atoms with Gasteiger partial charge < -0.3 is 10.4 Å². The first-order valence-electron chi connectivity index (χ1n) is 6.04. The predicted octanol–water partition coefficient (Wildman–Crippen LogP) is 1.23. The summed E-state index contributed by atoms with van der Waals surface area (Å²) in [5.74, 6) is -1.37. The van der Waals surface area contributed by atoms with Crippen molar-refractivity contribution in [3.8, 4) is 0 Å². The van der Waals surface area contributed by atoms with Crippen LogP contribution in [0.2, 0.25) is 0 Å². The molecule has 0 aliphatic heterocycles. The number of carbonyl (C=O) groups is 2. The molecule has 1 saturated carbocycles. The van der Waals surface area contributed by atoms with Crippen LogP contribution in [0.5, 0.6) is 0 Å². The van der Waals surface area contributed by atoms with E-state index in [0.29, 0.717) is 25.8 Å². The first-order chi connectivity index (χ1) is 8.58. The molecule has 0 unspecified atom stereocenters. The van der Waals surface area contributed by atoms with Crippen LogP contribution in [0.25, 0.3) is 0 Å². The average molecular weight is 268 g/mol. The summed E-state index contributed by atoms with van der Waals surface area (Å²) in [6.07, 6.45) is 4.37. The van der Waals surface area contributed by atoms with Crippen LogP contribution in [0.4, 0.5) is 0 Å². The Kier molecular flexibility index (Phi) is 3.65. The summed E-state index contributed by atoms with van der Waals surface area (Å²) in [6.45, 7) is 2.52. The van der Waals surface area contributed by atoms with Crippen LogP contribution in [0, 0.1) is 5.41 Å². The van der Waals surface area contributed by atoms with Gasteiger partial charge in [0.1, 0.15) is 5.41 Å². The molecule has 6 heteroatoms. The maximum atomic E-state index is 11.7. The third kappa shape index (κ3) is 2.53. The Morgan fingerprint density at radius 3 is 2.78 bits per heavy atom. The van der Waals surface area contributed by atoms with Crippen molar-refractivity contribution >= 4 is 23.2 Å². The minimum atomic E-state index is -1.14. The van der Waals surface area contributed by atoms with E-state index in [1.807, 2.05) is 6.20 Å². The Morgan fingerprint density at radius 1 is 1.56 bits per heavy atom. The highest BCUT2D eigenvalue weighted by molar-refractivity contribution is 7.11. The lowest BCUT2D eigenvalue weighted by Crippen LogP contribution is -2.37. The molecule has 1 amide bonds. The predicted molar refractivity (Wildman–Crippen MR) is 67.5 cm³/mol. The molecule has 1 aliphatic rings. The van der Waals surface area contributed by atoms with E-state index in [4.69, 9.17) is 5.11 Å². The molecule has 2 rings (SSSR count). The zero-order valence-corrected chi connectivity index (χ0v) is 11.0. The van der Waals surface area contributed by atoms with Crippen molar-refractivity contribution in [1.82, 2.24) is 10.3 Å². The van der Waals surface area contributed by atoms with E-state index in [-0.39, 0.29) is 5.91 Å². The average Bonchev–Trinajstić information content (AvgIpc) is 3.04. The maximum Gasteiger partial charge on any atom is 0.319 e. The number of amides is 1. The highest BCUT2D eigenvalue weighted by Crippen LogP contribution is 2.45. The van der Waals surface area contributed by atoms with Crippen LogP contribution in [0.15, 0.2) is 6.20 Å². The monoisotopic (exact) mass is 268 g/mol. The second-order valence-electron chi connectivity index (χ2n) is 4.47. The van der Waals surface area contributed by atoms with Gasteiger partial charge in [0.25, 0.3) is 0 Å². The van der Waals surface area contributed by atoms with Crippen LogP contribution in [-0.2, 0) is 22.4 Å². The molecule has 0 spiro atoms. The Labute approximate surface area is 109 Å². The van der Waals surface area contributed by atoms with Gasteiger partial charge in [-0.25, -0.2) is 4.98 Å². The summed E-state index contributed by atoms with van der Waals surface area (Å²) in [5.41, 5.74) is -1.14. The molecular weight excluding hydrogens is 252 g/mol. The second kappa shape index (κ2) is 5.06. The molecule has 0 radical (unpaired) electrons. The van der Waals surface area contributed by atoms with Gasteiger partial charge in [-0.1, -0.05) is 6.92 Å². The lowest BCUT2D eigenvalue weighted by Gasteiger charge is -2.09. The molecule has 0 saturated heterocycles. The summed E-state index contributed by atoms with van der Waals surface area (Å²) in [4.78, 5) is 28.1. The SMILES string of the molecule is CCc1cnc(CCNC(=O)C2(C(=O)O)CC2)s1. The van der Waals surface area contributed by atoms with Gasteiger partial charge in [-0.15, -0.1) is 11.3 Å². The molecule has 0 bridgehead atoms. The fourth-order valence-electron chi connectivity index (χ4n) is 1.74. The van der Waals surface area contributed by atoms with Gasteiger partial charge in [0.2, 0.25) is 5.91 Å². The normalized spacial score (nSPS) is 16.3. The van der Waals surface area contributed by atoms with Gasteiger partial charge in [-0.3, -0.25) is 9.59 Å². The zero-order chi connectivity index (χ0) is 13.2.